The van der Waals surface area contributed by atoms with E-state index in [1.165, 1.54) is 25.7 Å². The van der Waals surface area contributed by atoms with Gasteiger partial charge in [0, 0.05) is 18.6 Å². The number of hydrogen-bond acceptors (Lipinski definition) is 4. The van der Waals surface area contributed by atoms with Crippen molar-refractivity contribution in [2.24, 2.45) is 5.92 Å². The third-order valence-corrected chi connectivity index (χ3v) is 4.62. The molecule has 0 amide bonds. The molecule has 0 spiro atoms. The standard InChI is InChI=1S/C16H30N2O2/c1-5-20-15(19)16(4,17-14-6-7-14)11-18-9-8-12(2)10-13(18)3/h12-14,17H,5-11H2,1-4H3. The van der Waals surface area contributed by atoms with Crippen molar-refractivity contribution in [3.05, 3.63) is 0 Å². The molecule has 2 fully saturated rings. The molecule has 1 saturated carbocycles. The third-order valence-electron chi connectivity index (χ3n) is 4.62. The summed E-state index contributed by atoms with van der Waals surface area (Å²) in [5.74, 6) is 0.698. The summed E-state index contributed by atoms with van der Waals surface area (Å²) >= 11 is 0. The van der Waals surface area contributed by atoms with E-state index in [4.69, 9.17) is 4.74 Å². The van der Waals surface area contributed by atoms with Crippen molar-refractivity contribution >= 4 is 5.97 Å². The number of rotatable bonds is 6. The molecular formula is C16H30N2O2. The van der Waals surface area contributed by atoms with Gasteiger partial charge in [0.05, 0.1) is 6.61 Å². The Morgan fingerprint density at radius 2 is 2.05 bits per heavy atom. The lowest BCUT2D eigenvalue weighted by atomic mass is 9.91. The highest BCUT2D eigenvalue weighted by atomic mass is 16.5. The fraction of sp³-hybridized carbons (Fsp3) is 0.938. The number of esters is 1. The van der Waals surface area contributed by atoms with E-state index in [0.717, 1.165) is 19.0 Å². The summed E-state index contributed by atoms with van der Waals surface area (Å²) in [7, 11) is 0. The molecule has 0 radical (unpaired) electrons. The summed E-state index contributed by atoms with van der Waals surface area (Å²) in [6, 6.07) is 1.05. The number of nitrogens with zero attached hydrogens (tertiary/aromatic N) is 1. The molecule has 3 atom stereocenters. The van der Waals surface area contributed by atoms with Gasteiger partial charge in [0.25, 0.3) is 0 Å². The largest absolute Gasteiger partial charge is 0.465 e. The lowest BCUT2D eigenvalue weighted by molar-refractivity contribution is -0.152. The SMILES string of the molecule is CCOC(=O)C(C)(CN1CCC(C)CC1C)NC1CC1. The van der Waals surface area contributed by atoms with Crippen molar-refractivity contribution < 1.29 is 9.53 Å². The summed E-state index contributed by atoms with van der Waals surface area (Å²) in [4.78, 5) is 14.8. The van der Waals surface area contributed by atoms with E-state index in [9.17, 15) is 4.79 Å². The van der Waals surface area contributed by atoms with Crippen molar-refractivity contribution in [1.82, 2.24) is 10.2 Å². The van der Waals surface area contributed by atoms with Crippen LogP contribution in [0.25, 0.3) is 0 Å². The topological polar surface area (TPSA) is 41.6 Å². The van der Waals surface area contributed by atoms with Crippen LogP contribution in [-0.4, -0.2) is 48.2 Å². The maximum Gasteiger partial charge on any atom is 0.327 e. The predicted molar refractivity (Wildman–Crippen MR) is 80.6 cm³/mol. The van der Waals surface area contributed by atoms with Gasteiger partial charge in [0.2, 0.25) is 0 Å². The second-order valence-corrected chi connectivity index (χ2v) is 6.92. The molecule has 0 bridgehead atoms. The van der Waals surface area contributed by atoms with Crippen molar-refractivity contribution in [3.63, 3.8) is 0 Å². The summed E-state index contributed by atoms with van der Waals surface area (Å²) in [5.41, 5.74) is -0.563. The van der Waals surface area contributed by atoms with Crippen LogP contribution in [0, 0.1) is 5.92 Å². The molecule has 4 nitrogen and oxygen atoms in total. The van der Waals surface area contributed by atoms with Gasteiger partial charge in [-0.1, -0.05) is 6.92 Å². The fourth-order valence-corrected chi connectivity index (χ4v) is 3.23. The van der Waals surface area contributed by atoms with Crippen LogP contribution in [0.3, 0.4) is 0 Å². The summed E-state index contributed by atoms with van der Waals surface area (Å²) in [6.45, 7) is 10.8. The van der Waals surface area contributed by atoms with E-state index < -0.39 is 5.54 Å². The number of piperidine rings is 1. The van der Waals surface area contributed by atoms with E-state index in [1.54, 1.807) is 0 Å². The normalized spacial score (nSPS) is 30.8. The van der Waals surface area contributed by atoms with Crippen molar-refractivity contribution in [2.75, 3.05) is 19.7 Å². The summed E-state index contributed by atoms with van der Waals surface area (Å²) in [5, 5.41) is 3.51. The number of likely N-dealkylation sites (tertiary alicyclic amines) is 1. The van der Waals surface area contributed by atoms with Crippen LogP contribution in [0.5, 0.6) is 0 Å². The van der Waals surface area contributed by atoms with Crippen LogP contribution in [0.2, 0.25) is 0 Å². The van der Waals surface area contributed by atoms with E-state index >= 15 is 0 Å². The zero-order chi connectivity index (χ0) is 14.8. The molecule has 1 saturated heterocycles. The van der Waals surface area contributed by atoms with Gasteiger partial charge in [-0.3, -0.25) is 15.0 Å². The molecule has 0 aromatic rings. The van der Waals surface area contributed by atoms with E-state index in [1.807, 2.05) is 13.8 Å². The van der Waals surface area contributed by atoms with Gasteiger partial charge >= 0.3 is 5.97 Å². The van der Waals surface area contributed by atoms with Crippen molar-refractivity contribution in [2.45, 2.75) is 71.0 Å². The lowest BCUT2D eigenvalue weighted by Gasteiger charge is -2.41. The van der Waals surface area contributed by atoms with Gasteiger partial charge in [-0.2, -0.15) is 0 Å². The highest BCUT2D eigenvalue weighted by Gasteiger charge is 2.42. The average Bonchev–Trinajstić information content (AvgIpc) is 3.17. The van der Waals surface area contributed by atoms with E-state index in [0.29, 0.717) is 18.7 Å². The number of hydrogen-bond donors (Lipinski definition) is 1. The molecule has 0 aromatic carbocycles. The summed E-state index contributed by atoms with van der Waals surface area (Å²) < 4.78 is 5.31. The molecule has 116 valence electrons. The Balaban J connectivity index is 2.00. The molecule has 1 aliphatic heterocycles. The second kappa shape index (κ2) is 6.44. The molecule has 1 heterocycles. The average molecular weight is 282 g/mol. The maximum atomic E-state index is 12.4. The zero-order valence-corrected chi connectivity index (χ0v) is 13.4. The highest BCUT2D eigenvalue weighted by Crippen LogP contribution is 2.27. The number of nitrogens with one attached hydrogen (secondary N) is 1. The summed E-state index contributed by atoms with van der Waals surface area (Å²) in [6.07, 6.45) is 4.82. The highest BCUT2D eigenvalue weighted by molar-refractivity contribution is 5.80. The van der Waals surface area contributed by atoms with Crippen LogP contribution in [-0.2, 0) is 9.53 Å². The van der Waals surface area contributed by atoms with Gasteiger partial charge in [-0.15, -0.1) is 0 Å². The molecular weight excluding hydrogens is 252 g/mol. The lowest BCUT2D eigenvalue weighted by Crippen LogP contribution is -2.60. The van der Waals surface area contributed by atoms with Gasteiger partial charge in [-0.05, 0) is 58.9 Å². The zero-order valence-electron chi connectivity index (χ0n) is 13.4. The number of carbonyl (C=O) groups is 1. The Labute approximate surface area is 123 Å². The fourth-order valence-electron chi connectivity index (χ4n) is 3.23. The van der Waals surface area contributed by atoms with Gasteiger partial charge in [-0.25, -0.2) is 0 Å². The second-order valence-electron chi connectivity index (χ2n) is 6.92. The molecule has 1 aliphatic carbocycles. The van der Waals surface area contributed by atoms with Crippen LogP contribution in [0.15, 0.2) is 0 Å². The minimum atomic E-state index is -0.563. The minimum Gasteiger partial charge on any atom is -0.465 e. The Hall–Kier alpha value is -0.610. The molecule has 4 heteroatoms. The predicted octanol–water partition coefficient (Wildman–Crippen LogP) is 2.18. The first-order chi connectivity index (χ1) is 9.44. The molecule has 3 unspecified atom stereocenters. The van der Waals surface area contributed by atoms with Crippen LogP contribution in [0.4, 0.5) is 0 Å². The van der Waals surface area contributed by atoms with Gasteiger partial charge in [0.15, 0.2) is 0 Å². The Kier molecular flexibility index (Phi) is 5.08. The Bertz CT molecular complexity index is 343. The molecule has 2 aliphatic rings. The molecule has 20 heavy (non-hydrogen) atoms. The van der Waals surface area contributed by atoms with Crippen LogP contribution in [0.1, 0.15) is 53.4 Å². The van der Waals surface area contributed by atoms with Gasteiger partial charge < -0.3 is 4.74 Å². The first kappa shape index (κ1) is 15.8. The molecule has 0 aromatic heterocycles. The first-order valence-electron chi connectivity index (χ1n) is 8.13. The van der Waals surface area contributed by atoms with E-state index in [-0.39, 0.29) is 5.97 Å². The Morgan fingerprint density at radius 3 is 2.60 bits per heavy atom. The molecule has 2 rings (SSSR count). The minimum absolute atomic E-state index is 0.0993. The smallest absolute Gasteiger partial charge is 0.327 e. The number of carbonyl (C=O) groups excluding carboxylic acids is 1. The van der Waals surface area contributed by atoms with Crippen LogP contribution >= 0.6 is 0 Å². The van der Waals surface area contributed by atoms with Crippen molar-refractivity contribution in [1.29, 1.82) is 0 Å². The Morgan fingerprint density at radius 1 is 1.35 bits per heavy atom. The maximum absolute atomic E-state index is 12.4. The number of ether oxygens (including phenoxy) is 1. The van der Waals surface area contributed by atoms with Gasteiger partial charge in [0.1, 0.15) is 5.54 Å². The third kappa shape index (κ3) is 3.95. The van der Waals surface area contributed by atoms with Crippen molar-refractivity contribution in [3.8, 4) is 0 Å². The monoisotopic (exact) mass is 282 g/mol. The van der Waals surface area contributed by atoms with E-state index in [2.05, 4.69) is 24.1 Å². The quantitative estimate of drug-likeness (QED) is 0.758. The molecule has 1 N–H and O–H groups in total. The van der Waals surface area contributed by atoms with Crippen LogP contribution < -0.4 is 5.32 Å². The first-order valence-corrected chi connectivity index (χ1v) is 8.13.